The molecule has 1 aliphatic rings. The molecule has 1 aliphatic heterocycles. The molecular formula is C11H23ClN2O3. The van der Waals surface area contributed by atoms with Crippen molar-refractivity contribution in [2.24, 2.45) is 5.73 Å². The van der Waals surface area contributed by atoms with E-state index in [1.807, 2.05) is 27.7 Å². The van der Waals surface area contributed by atoms with Gasteiger partial charge in [-0.2, -0.15) is 0 Å². The lowest BCUT2D eigenvalue weighted by Crippen LogP contribution is -2.52. The Bertz CT molecular complexity index is 256. The summed E-state index contributed by atoms with van der Waals surface area (Å²) in [6, 6.07) is 0. The van der Waals surface area contributed by atoms with E-state index < -0.39 is 5.60 Å². The second-order valence-electron chi connectivity index (χ2n) is 5.19. The molecule has 1 heterocycles. The highest BCUT2D eigenvalue weighted by molar-refractivity contribution is 5.85. The van der Waals surface area contributed by atoms with Crippen molar-refractivity contribution >= 4 is 18.5 Å². The van der Waals surface area contributed by atoms with Crippen molar-refractivity contribution in [1.29, 1.82) is 0 Å². The van der Waals surface area contributed by atoms with E-state index in [1.165, 1.54) is 0 Å². The van der Waals surface area contributed by atoms with Crippen LogP contribution in [0.2, 0.25) is 0 Å². The van der Waals surface area contributed by atoms with Crippen molar-refractivity contribution in [2.75, 3.05) is 19.6 Å². The molecule has 5 nitrogen and oxygen atoms in total. The molecule has 102 valence electrons. The highest BCUT2D eigenvalue weighted by Gasteiger charge is 2.30. The maximum Gasteiger partial charge on any atom is 0.410 e. The van der Waals surface area contributed by atoms with Crippen LogP contribution in [0.4, 0.5) is 4.79 Å². The van der Waals surface area contributed by atoms with Gasteiger partial charge in [0.15, 0.2) is 0 Å². The van der Waals surface area contributed by atoms with Crippen LogP contribution in [0, 0.1) is 0 Å². The van der Waals surface area contributed by atoms with Gasteiger partial charge in [0.25, 0.3) is 0 Å². The number of hydrogen-bond acceptors (Lipinski definition) is 4. The second kappa shape index (κ2) is 6.42. The number of rotatable bonds is 1. The van der Waals surface area contributed by atoms with Gasteiger partial charge < -0.3 is 20.1 Å². The molecule has 0 unspecified atom stereocenters. The molecule has 0 bridgehead atoms. The van der Waals surface area contributed by atoms with E-state index in [0.717, 1.165) is 0 Å². The van der Waals surface area contributed by atoms with Crippen LogP contribution in [0.15, 0.2) is 0 Å². The number of morpholine rings is 1. The Kier molecular flexibility index (Phi) is 6.23. The van der Waals surface area contributed by atoms with E-state index in [9.17, 15) is 4.79 Å². The van der Waals surface area contributed by atoms with E-state index in [1.54, 1.807) is 4.90 Å². The quantitative estimate of drug-likeness (QED) is 0.779. The van der Waals surface area contributed by atoms with Crippen LogP contribution in [0.5, 0.6) is 0 Å². The fourth-order valence-corrected chi connectivity index (χ4v) is 1.65. The SMILES string of the molecule is C[C@@H]1CN(C(=O)OC(C)(C)C)C[C@@H](CN)O1.Cl. The predicted octanol–water partition coefficient (Wildman–Crippen LogP) is 1.39. The first-order valence-electron chi connectivity index (χ1n) is 5.65. The number of nitrogens with two attached hydrogens (primary N) is 1. The highest BCUT2D eigenvalue weighted by Crippen LogP contribution is 2.15. The number of amides is 1. The molecule has 0 radical (unpaired) electrons. The molecule has 2 atom stereocenters. The minimum Gasteiger partial charge on any atom is -0.444 e. The summed E-state index contributed by atoms with van der Waals surface area (Å²) in [5, 5.41) is 0. The smallest absolute Gasteiger partial charge is 0.410 e. The first kappa shape index (κ1) is 16.5. The number of nitrogens with zero attached hydrogens (tertiary/aromatic N) is 1. The van der Waals surface area contributed by atoms with Crippen molar-refractivity contribution in [1.82, 2.24) is 4.90 Å². The Morgan fingerprint density at radius 2 is 2.06 bits per heavy atom. The molecule has 0 aliphatic carbocycles. The molecule has 1 rings (SSSR count). The number of halogens is 1. The molecule has 0 aromatic carbocycles. The molecule has 0 aromatic rings. The Morgan fingerprint density at radius 1 is 1.47 bits per heavy atom. The summed E-state index contributed by atoms with van der Waals surface area (Å²) < 4.78 is 10.9. The van der Waals surface area contributed by atoms with Gasteiger partial charge >= 0.3 is 6.09 Å². The summed E-state index contributed by atoms with van der Waals surface area (Å²) >= 11 is 0. The predicted molar refractivity (Wildman–Crippen MR) is 68.4 cm³/mol. The Morgan fingerprint density at radius 3 is 2.53 bits per heavy atom. The monoisotopic (exact) mass is 266 g/mol. The lowest BCUT2D eigenvalue weighted by atomic mass is 10.2. The van der Waals surface area contributed by atoms with Gasteiger partial charge in [0.2, 0.25) is 0 Å². The van der Waals surface area contributed by atoms with Crippen molar-refractivity contribution in [2.45, 2.75) is 45.5 Å². The van der Waals surface area contributed by atoms with Crippen molar-refractivity contribution in [3.05, 3.63) is 0 Å². The summed E-state index contributed by atoms with van der Waals surface area (Å²) in [6.45, 7) is 8.99. The van der Waals surface area contributed by atoms with Gasteiger partial charge in [0, 0.05) is 6.54 Å². The number of carbonyl (C=O) groups excluding carboxylic acids is 1. The van der Waals surface area contributed by atoms with E-state index in [0.29, 0.717) is 19.6 Å². The Labute approximate surface area is 109 Å². The van der Waals surface area contributed by atoms with Crippen molar-refractivity contribution in [3.63, 3.8) is 0 Å². The van der Waals surface area contributed by atoms with Gasteiger partial charge in [-0.1, -0.05) is 0 Å². The van der Waals surface area contributed by atoms with Gasteiger partial charge in [-0.05, 0) is 27.7 Å². The van der Waals surface area contributed by atoms with Crippen LogP contribution < -0.4 is 5.73 Å². The normalized spacial score (nSPS) is 25.1. The third-order valence-electron chi connectivity index (χ3n) is 2.24. The molecule has 2 N–H and O–H groups in total. The summed E-state index contributed by atoms with van der Waals surface area (Å²) in [4.78, 5) is 13.5. The fraction of sp³-hybridized carbons (Fsp3) is 0.909. The zero-order valence-corrected chi connectivity index (χ0v) is 11.8. The molecule has 0 spiro atoms. The minimum atomic E-state index is -0.461. The Balaban J connectivity index is 0.00000256. The standard InChI is InChI=1S/C11H22N2O3.ClH/c1-8-6-13(7-9(5-12)15-8)10(14)16-11(2,3)4;/h8-9H,5-7,12H2,1-4H3;1H/t8-,9-;/m1./s1. The first-order valence-corrected chi connectivity index (χ1v) is 5.65. The second-order valence-corrected chi connectivity index (χ2v) is 5.19. The molecule has 6 heteroatoms. The number of carbonyl (C=O) groups is 1. The molecular weight excluding hydrogens is 244 g/mol. The molecule has 1 saturated heterocycles. The summed E-state index contributed by atoms with van der Waals surface area (Å²) in [5.74, 6) is 0. The Hall–Kier alpha value is -0.520. The van der Waals surface area contributed by atoms with E-state index >= 15 is 0 Å². The van der Waals surface area contributed by atoms with Gasteiger partial charge in [-0.3, -0.25) is 0 Å². The molecule has 1 amide bonds. The lowest BCUT2D eigenvalue weighted by molar-refractivity contribution is -0.0757. The lowest BCUT2D eigenvalue weighted by Gasteiger charge is -2.37. The largest absolute Gasteiger partial charge is 0.444 e. The average molecular weight is 267 g/mol. The van der Waals surface area contributed by atoms with Crippen LogP contribution >= 0.6 is 12.4 Å². The van der Waals surface area contributed by atoms with E-state index in [2.05, 4.69) is 0 Å². The fourth-order valence-electron chi connectivity index (χ4n) is 1.65. The summed E-state index contributed by atoms with van der Waals surface area (Å²) in [5.41, 5.74) is 5.09. The van der Waals surface area contributed by atoms with E-state index in [4.69, 9.17) is 15.2 Å². The molecule has 17 heavy (non-hydrogen) atoms. The third kappa shape index (κ3) is 5.57. The number of ether oxygens (including phenoxy) is 2. The van der Waals surface area contributed by atoms with Gasteiger partial charge in [0.1, 0.15) is 5.60 Å². The molecule has 0 saturated carbocycles. The maximum atomic E-state index is 11.8. The highest BCUT2D eigenvalue weighted by atomic mass is 35.5. The van der Waals surface area contributed by atoms with Crippen LogP contribution in [0.25, 0.3) is 0 Å². The molecule has 1 fully saturated rings. The van der Waals surface area contributed by atoms with Crippen molar-refractivity contribution < 1.29 is 14.3 Å². The average Bonchev–Trinajstić information content (AvgIpc) is 2.14. The first-order chi connectivity index (χ1) is 7.31. The summed E-state index contributed by atoms with van der Waals surface area (Å²) in [6.07, 6.45) is -0.368. The van der Waals surface area contributed by atoms with Gasteiger partial charge in [-0.15, -0.1) is 12.4 Å². The summed E-state index contributed by atoms with van der Waals surface area (Å²) in [7, 11) is 0. The zero-order valence-electron chi connectivity index (χ0n) is 10.9. The third-order valence-corrected chi connectivity index (χ3v) is 2.24. The van der Waals surface area contributed by atoms with Crippen LogP contribution in [0.3, 0.4) is 0 Å². The van der Waals surface area contributed by atoms with Gasteiger partial charge in [0.05, 0.1) is 25.3 Å². The topological polar surface area (TPSA) is 64.8 Å². The van der Waals surface area contributed by atoms with Crippen LogP contribution in [-0.2, 0) is 9.47 Å². The van der Waals surface area contributed by atoms with E-state index in [-0.39, 0.29) is 30.7 Å². The number of hydrogen-bond donors (Lipinski definition) is 1. The van der Waals surface area contributed by atoms with Crippen LogP contribution in [-0.4, -0.2) is 48.4 Å². The minimum absolute atomic E-state index is 0. The van der Waals surface area contributed by atoms with Gasteiger partial charge in [-0.25, -0.2) is 4.79 Å². The molecule has 0 aromatic heterocycles. The maximum absolute atomic E-state index is 11.8. The van der Waals surface area contributed by atoms with Crippen molar-refractivity contribution in [3.8, 4) is 0 Å². The van der Waals surface area contributed by atoms with Crippen LogP contribution in [0.1, 0.15) is 27.7 Å². The zero-order chi connectivity index (χ0) is 12.3.